The van der Waals surface area contributed by atoms with Crippen LogP contribution in [0.5, 0.6) is 0 Å². The van der Waals surface area contributed by atoms with Crippen LogP contribution in [0.1, 0.15) is 89.9 Å². The van der Waals surface area contributed by atoms with E-state index >= 15 is 0 Å². The summed E-state index contributed by atoms with van der Waals surface area (Å²) >= 11 is 0. The Bertz CT molecular complexity index is 259. The van der Waals surface area contributed by atoms with Gasteiger partial charge in [-0.3, -0.25) is 0 Å². The summed E-state index contributed by atoms with van der Waals surface area (Å²) in [5.41, 5.74) is 0.476. The molecule has 0 unspecified atom stereocenters. The molecular weight excluding hydrogens is 256 g/mol. The van der Waals surface area contributed by atoms with E-state index in [4.69, 9.17) is 0 Å². The van der Waals surface area contributed by atoms with Crippen LogP contribution in [0.15, 0.2) is 0 Å². The fourth-order valence-electron chi connectivity index (χ4n) is 4.07. The summed E-state index contributed by atoms with van der Waals surface area (Å²) in [7, 11) is 4.53. The lowest BCUT2D eigenvalue weighted by atomic mass is 9.75. The zero-order valence-electron chi connectivity index (χ0n) is 14.6. The SMILES string of the molecule is CN(C)C1(CNC2CCCCCCCCCCC2)CCC1. The number of nitrogens with zero attached hydrogens (tertiary/aromatic N) is 1. The van der Waals surface area contributed by atoms with E-state index < -0.39 is 0 Å². The Balaban J connectivity index is 1.75. The van der Waals surface area contributed by atoms with Gasteiger partial charge < -0.3 is 10.2 Å². The largest absolute Gasteiger partial charge is 0.312 e. The second-order valence-electron chi connectivity index (χ2n) is 7.81. The van der Waals surface area contributed by atoms with Crippen LogP contribution in [-0.2, 0) is 0 Å². The van der Waals surface area contributed by atoms with Crippen molar-refractivity contribution in [1.29, 1.82) is 0 Å². The molecule has 1 N–H and O–H groups in total. The predicted octanol–water partition coefficient (Wildman–Crippen LogP) is 4.73. The Morgan fingerprint density at radius 3 is 1.62 bits per heavy atom. The minimum Gasteiger partial charge on any atom is -0.312 e. The summed E-state index contributed by atoms with van der Waals surface area (Å²) in [6, 6.07) is 0.779. The van der Waals surface area contributed by atoms with Gasteiger partial charge in [0.15, 0.2) is 0 Å². The Morgan fingerprint density at radius 2 is 1.24 bits per heavy atom. The van der Waals surface area contributed by atoms with Gasteiger partial charge in [-0.1, -0.05) is 57.8 Å². The average molecular weight is 295 g/mol. The lowest BCUT2D eigenvalue weighted by molar-refractivity contribution is 0.0562. The fourth-order valence-corrected chi connectivity index (χ4v) is 4.07. The molecule has 2 fully saturated rings. The lowest BCUT2D eigenvalue weighted by Gasteiger charge is -2.48. The van der Waals surface area contributed by atoms with Gasteiger partial charge in [-0.05, 0) is 46.2 Å². The maximum Gasteiger partial charge on any atom is 0.0328 e. The van der Waals surface area contributed by atoms with Gasteiger partial charge in [-0.2, -0.15) is 0 Å². The molecule has 21 heavy (non-hydrogen) atoms. The van der Waals surface area contributed by atoms with E-state index in [0.29, 0.717) is 5.54 Å². The maximum absolute atomic E-state index is 3.96. The van der Waals surface area contributed by atoms with Crippen LogP contribution in [0.25, 0.3) is 0 Å². The predicted molar refractivity (Wildman–Crippen MR) is 92.8 cm³/mol. The van der Waals surface area contributed by atoms with Crippen molar-refractivity contribution < 1.29 is 0 Å². The van der Waals surface area contributed by atoms with Crippen LogP contribution in [0.4, 0.5) is 0 Å². The topological polar surface area (TPSA) is 15.3 Å². The van der Waals surface area contributed by atoms with Gasteiger partial charge in [0.1, 0.15) is 0 Å². The maximum atomic E-state index is 3.96. The van der Waals surface area contributed by atoms with Crippen molar-refractivity contribution in [3.8, 4) is 0 Å². The molecular formula is C19H38N2. The number of hydrogen-bond acceptors (Lipinski definition) is 2. The van der Waals surface area contributed by atoms with Crippen molar-refractivity contribution in [2.24, 2.45) is 0 Å². The van der Waals surface area contributed by atoms with E-state index in [-0.39, 0.29) is 0 Å². The number of rotatable bonds is 4. The third-order valence-electron chi connectivity index (χ3n) is 6.06. The second kappa shape index (κ2) is 9.15. The summed E-state index contributed by atoms with van der Waals surface area (Å²) < 4.78 is 0. The minimum atomic E-state index is 0.476. The molecule has 2 nitrogen and oxygen atoms in total. The first-order chi connectivity index (χ1) is 10.2. The highest BCUT2D eigenvalue weighted by atomic mass is 15.2. The van der Waals surface area contributed by atoms with Gasteiger partial charge in [-0.25, -0.2) is 0 Å². The average Bonchev–Trinajstić information content (AvgIpc) is 2.39. The molecule has 0 heterocycles. The Hall–Kier alpha value is -0.0800. The molecule has 0 aromatic carbocycles. The first kappa shape index (κ1) is 17.3. The first-order valence-corrected chi connectivity index (χ1v) is 9.64. The quantitative estimate of drug-likeness (QED) is 0.806. The van der Waals surface area contributed by atoms with Crippen molar-refractivity contribution in [2.45, 2.75) is 101 Å². The fraction of sp³-hybridized carbons (Fsp3) is 1.00. The minimum absolute atomic E-state index is 0.476. The number of hydrogen-bond donors (Lipinski definition) is 1. The molecule has 0 amide bonds. The zero-order chi connectivity index (χ0) is 15.0. The Morgan fingerprint density at radius 1 is 0.762 bits per heavy atom. The summed E-state index contributed by atoms with van der Waals surface area (Å²) in [5, 5.41) is 3.96. The van der Waals surface area contributed by atoms with E-state index in [1.54, 1.807) is 0 Å². The molecule has 2 rings (SSSR count). The van der Waals surface area contributed by atoms with Gasteiger partial charge >= 0.3 is 0 Å². The first-order valence-electron chi connectivity index (χ1n) is 9.64. The van der Waals surface area contributed by atoms with E-state index in [0.717, 1.165) is 6.04 Å². The monoisotopic (exact) mass is 294 g/mol. The molecule has 0 aliphatic heterocycles. The summed E-state index contributed by atoms with van der Waals surface area (Å²) in [4.78, 5) is 2.47. The third kappa shape index (κ3) is 5.56. The Labute approximate surface area is 133 Å². The van der Waals surface area contributed by atoms with Crippen molar-refractivity contribution in [3.05, 3.63) is 0 Å². The van der Waals surface area contributed by atoms with E-state index in [1.165, 1.54) is 96.4 Å². The molecule has 0 bridgehead atoms. The number of likely N-dealkylation sites (N-methyl/N-ethyl adjacent to an activating group) is 1. The van der Waals surface area contributed by atoms with E-state index in [1.807, 2.05) is 0 Å². The highest BCUT2D eigenvalue weighted by molar-refractivity contribution is 4.98. The molecule has 0 radical (unpaired) electrons. The van der Waals surface area contributed by atoms with Crippen LogP contribution < -0.4 is 5.32 Å². The van der Waals surface area contributed by atoms with Gasteiger partial charge in [0, 0.05) is 18.1 Å². The molecule has 0 aromatic rings. The van der Waals surface area contributed by atoms with Crippen molar-refractivity contribution in [3.63, 3.8) is 0 Å². The molecule has 0 spiro atoms. The van der Waals surface area contributed by atoms with Gasteiger partial charge in [0.25, 0.3) is 0 Å². The number of nitrogens with one attached hydrogen (secondary N) is 1. The standard InChI is InChI=1S/C19H38N2/c1-21(2)19(15-12-16-19)17-20-18-13-10-8-6-4-3-5-7-9-11-14-18/h18,20H,3-17H2,1-2H3. The van der Waals surface area contributed by atoms with Crippen molar-refractivity contribution >= 4 is 0 Å². The van der Waals surface area contributed by atoms with Gasteiger partial charge in [0.2, 0.25) is 0 Å². The lowest BCUT2D eigenvalue weighted by Crippen LogP contribution is -2.57. The van der Waals surface area contributed by atoms with Crippen molar-refractivity contribution in [1.82, 2.24) is 10.2 Å². The third-order valence-corrected chi connectivity index (χ3v) is 6.06. The molecule has 2 aliphatic rings. The zero-order valence-corrected chi connectivity index (χ0v) is 14.6. The van der Waals surface area contributed by atoms with Crippen LogP contribution in [0, 0.1) is 0 Å². The molecule has 0 atom stereocenters. The molecule has 0 aromatic heterocycles. The van der Waals surface area contributed by atoms with Crippen LogP contribution in [-0.4, -0.2) is 37.1 Å². The smallest absolute Gasteiger partial charge is 0.0328 e. The van der Waals surface area contributed by atoms with Crippen molar-refractivity contribution in [2.75, 3.05) is 20.6 Å². The van der Waals surface area contributed by atoms with Gasteiger partial charge in [-0.15, -0.1) is 0 Å². The molecule has 124 valence electrons. The molecule has 2 heteroatoms. The second-order valence-corrected chi connectivity index (χ2v) is 7.81. The highest BCUT2D eigenvalue weighted by Crippen LogP contribution is 2.35. The molecule has 2 aliphatic carbocycles. The summed E-state index contributed by atoms with van der Waals surface area (Å²) in [6.07, 6.45) is 20.2. The normalized spacial score (nSPS) is 25.9. The van der Waals surface area contributed by atoms with Crippen LogP contribution >= 0.6 is 0 Å². The van der Waals surface area contributed by atoms with E-state index in [9.17, 15) is 0 Å². The highest BCUT2D eigenvalue weighted by Gasteiger charge is 2.38. The Kier molecular flexibility index (Phi) is 7.53. The summed E-state index contributed by atoms with van der Waals surface area (Å²) in [6.45, 7) is 1.21. The van der Waals surface area contributed by atoms with Crippen LogP contribution in [0.2, 0.25) is 0 Å². The van der Waals surface area contributed by atoms with Crippen LogP contribution in [0.3, 0.4) is 0 Å². The summed E-state index contributed by atoms with van der Waals surface area (Å²) in [5.74, 6) is 0. The molecule has 0 saturated heterocycles. The molecule has 2 saturated carbocycles. The van der Waals surface area contributed by atoms with E-state index in [2.05, 4.69) is 24.3 Å². The van der Waals surface area contributed by atoms with Gasteiger partial charge in [0.05, 0.1) is 0 Å².